The number of hydrogen-bond donors (Lipinski definition) is 0. The molecular formula is C38H40Cl2P2Pt+2. The third-order valence-electron chi connectivity index (χ3n) is 7.60. The molecule has 0 heterocycles. The molecule has 43 heavy (non-hydrogen) atoms. The van der Waals surface area contributed by atoms with E-state index in [-0.39, 0.29) is 0 Å². The van der Waals surface area contributed by atoms with Crippen molar-refractivity contribution in [3.63, 3.8) is 0 Å². The van der Waals surface area contributed by atoms with Gasteiger partial charge in [0.15, 0.2) is 0 Å². The first-order chi connectivity index (χ1) is 21.3. The van der Waals surface area contributed by atoms with Crippen LogP contribution in [-0.2, 0) is 16.5 Å². The molecule has 0 unspecified atom stereocenters. The SMILES string of the molecule is C1=CCC([PH+](c2ccccc2)c2ccccc2)CC=C1.C1=CCC([PH+](c2ccccc2)c2ccccc2)CC=C1.[Cl][Pt][Cl]. The molecule has 2 aliphatic rings. The van der Waals surface area contributed by atoms with E-state index in [1.54, 1.807) is 0 Å². The minimum absolute atomic E-state index is 0.472. The average molecular weight is 825 g/mol. The van der Waals surface area contributed by atoms with E-state index in [2.05, 4.69) is 170 Å². The van der Waals surface area contributed by atoms with Gasteiger partial charge >= 0.3 is 35.3 Å². The summed E-state index contributed by atoms with van der Waals surface area (Å²) in [5.74, 6) is 0. The summed E-state index contributed by atoms with van der Waals surface area (Å²) in [6, 6.07) is 44.3. The number of rotatable bonds is 6. The van der Waals surface area contributed by atoms with Crippen LogP contribution in [0.1, 0.15) is 25.7 Å². The number of benzene rings is 4. The molecule has 0 nitrogen and oxygen atoms in total. The van der Waals surface area contributed by atoms with Crippen LogP contribution in [0.2, 0.25) is 0 Å². The molecule has 0 saturated carbocycles. The van der Waals surface area contributed by atoms with Crippen molar-refractivity contribution < 1.29 is 16.5 Å². The summed E-state index contributed by atoms with van der Waals surface area (Å²) in [4.78, 5) is 0. The van der Waals surface area contributed by atoms with Crippen LogP contribution in [0.3, 0.4) is 0 Å². The van der Waals surface area contributed by atoms with Crippen LogP contribution < -0.4 is 21.2 Å². The van der Waals surface area contributed by atoms with Gasteiger partial charge < -0.3 is 0 Å². The fraction of sp³-hybridized carbons (Fsp3) is 0.158. The van der Waals surface area contributed by atoms with Gasteiger partial charge in [-0.25, -0.2) is 0 Å². The molecule has 0 aliphatic heterocycles. The first kappa shape index (κ1) is 33.9. The van der Waals surface area contributed by atoms with Crippen molar-refractivity contribution in [2.45, 2.75) is 37.0 Å². The predicted octanol–water partition coefficient (Wildman–Crippen LogP) is 9.63. The van der Waals surface area contributed by atoms with Crippen molar-refractivity contribution in [3.8, 4) is 0 Å². The van der Waals surface area contributed by atoms with Crippen LogP contribution in [0.25, 0.3) is 0 Å². The Labute approximate surface area is 277 Å². The second-order valence-corrected chi connectivity index (χ2v) is 19.3. The topological polar surface area (TPSA) is 0 Å². The van der Waals surface area contributed by atoms with Gasteiger partial charge in [0.05, 0.1) is 48.4 Å². The first-order valence-electron chi connectivity index (χ1n) is 14.7. The Balaban J connectivity index is 0.000000181. The summed E-state index contributed by atoms with van der Waals surface area (Å²) >= 11 is -0.472. The van der Waals surface area contributed by atoms with Gasteiger partial charge in [-0.1, -0.05) is 121 Å². The number of allylic oxidation sites excluding steroid dienone is 8. The summed E-state index contributed by atoms with van der Waals surface area (Å²) in [6.45, 7) is 0. The van der Waals surface area contributed by atoms with E-state index in [1.807, 2.05) is 0 Å². The molecule has 0 atom stereocenters. The standard InChI is InChI=1S/2C19H19P.2ClH.Pt/c2*1-2-6-12-17(11-5-1)20(18-13-7-3-8-14-18)19-15-9-4-10-16-19;;;/h2*1-10,13-17H,11-12H2;2*1H;/q;;;;+2. The molecule has 6 rings (SSSR count). The van der Waals surface area contributed by atoms with Crippen LogP contribution in [0, 0.1) is 0 Å². The normalized spacial score (nSPS) is 14.9. The van der Waals surface area contributed by atoms with Crippen LogP contribution in [0.15, 0.2) is 170 Å². The Kier molecular flexibility index (Phi) is 15.8. The zero-order chi connectivity index (χ0) is 30.0. The Morgan fingerprint density at radius 2 is 0.605 bits per heavy atom. The van der Waals surface area contributed by atoms with E-state index >= 15 is 0 Å². The molecule has 0 bridgehead atoms. The molecule has 224 valence electrons. The number of hydrogen-bond acceptors (Lipinski definition) is 0. The van der Waals surface area contributed by atoms with Crippen LogP contribution >= 0.6 is 34.7 Å². The Morgan fingerprint density at radius 3 is 0.814 bits per heavy atom. The molecule has 2 aliphatic carbocycles. The molecule has 4 aromatic carbocycles. The van der Waals surface area contributed by atoms with Gasteiger partial charge in [-0.2, -0.15) is 0 Å². The molecule has 0 N–H and O–H groups in total. The molecule has 0 aromatic heterocycles. The zero-order valence-corrected chi connectivity index (χ0v) is 30.0. The van der Waals surface area contributed by atoms with E-state index < -0.39 is 32.3 Å². The van der Waals surface area contributed by atoms with E-state index in [9.17, 15) is 0 Å². The summed E-state index contributed by atoms with van der Waals surface area (Å²) in [7, 11) is 8.30. The maximum absolute atomic E-state index is 4.88. The van der Waals surface area contributed by atoms with Gasteiger partial charge in [0, 0.05) is 25.7 Å². The Morgan fingerprint density at radius 1 is 0.395 bits per heavy atom. The van der Waals surface area contributed by atoms with Crippen molar-refractivity contribution in [1.82, 2.24) is 0 Å². The fourth-order valence-corrected chi connectivity index (χ4v) is 11.9. The fourth-order valence-electron chi connectivity index (χ4n) is 5.70. The minimum atomic E-state index is -0.726. The number of halogens is 2. The van der Waals surface area contributed by atoms with Gasteiger partial charge in [0.25, 0.3) is 0 Å². The van der Waals surface area contributed by atoms with Gasteiger partial charge in [-0.15, -0.1) is 0 Å². The molecule has 0 fully saturated rings. The quantitative estimate of drug-likeness (QED) is 0.170. The van der Waals surface area contributed by atoms with E-state index in [4.69, 9.17) is 18.8 Å². The van der Waals surface area contributed by atoms with E-state index in [0.29, 0.717) is 0 Å². The summed E-state index contributed by atoms with van der Waals surface area (Å²) < 4.78 is 0. The summed E-state index contributed by atoms with van der Waals surface area (Å²) in [6.07, 6.45) is 22.8. The van der Waals surface area contributed by atoms with Crippen molar-refractivity contribution in [2.75, 3.05) is 0 Å². The second kappa shape index (κ2) is 20.1. The Bertz CT molecular complexity index is 1210. The van der Waals surface area contributed by atoms with Crippen molar-refractivity contribution in [1.29, 1.82) is 0 Å². The maximum atomic E-state index is 4.88. The molecule has 4 aromatic rings. The monoisotopic (exact) mass is 823 g/mol. The summed E-state index contributed by atoms with van der Waals surface area (Å²) in [5, 5.41) is 6.10. The Hall–Kier alpha value is -2.03. The summed E-state index contributed by atoms with van der Waals surface area (Å²) in [5.41, 5.74) is 1.47. The van der Waals surface area contributed by atoms with E-state index in [1.165, 1.54) is 46.9 Å². The van der Waals surface area contributed by atoms with Gasteiger partial charge in [0.1, 0.15) is 0 Å². The third kappa shape index (κ3) is 11.1. The van der Waals surface area contributed by atoms with Crippen LogP contribution in [-0.4, -0.2) is 11.3 Å². The molecule has 0 radical (unpaired) electrons. The third-order valence-corrected chi connectivity index (χ3v) is 14.0. The van der Waals surface area contributed by atoms with Gasteiger partial charge in [-0.05, 0) is 48.5 Å². The first-order valence-corrected chi connectivity index (χ1v) is 23.5. The molecular weight excluding hydrogens is 784 g/mol. The second-order valence-electron chi connectivity index (χ2n) is 10.4. The van der Waals surface area contributed by atoms with E-state index in [0.717, 1.165) is 11.3 Å². The zero-order valence-electron chi connectivity index (χ0n) is 24.2. The molecule has 5 heteroatoms. The van der Waals surface area contributed by atoms with Crippen LogP contribution in [0.5, 0.6) is 0 Å². The predicted molar refractivity (Wildman–Crippen MR) is 195 cm³/mol. The van der Waals surface area contributed by atoms with Gasteiger partial charge in [0.2, 0.25) is 0 Å². The molecule has 0 spiro atoms. The van der Waals surface area contributed by atoms with Crippen LogP contribution in [0.4, 0.5) is 0 Å². The van der Waals surface area contributed by atoms with Crippen molar-refractivity contribution in [3.05, 3.63) is 170 Å². The average Bonchev–Trinajstić information content (AvgIpc) is 3.51. The molecule has 0 saturated heterocycles. The molecule has 0 amide bonds. The van der Waals surface area contributed by atoms with Crippen molar-refractivity contribution in [2.24, 2.45) is 0 Å². The van der Waals surface area contributed by atoms with Crippen molar-refractivity contribution >= 4 is 55.9 Å². The van der Waals surface area contributed by atoms with Gasteiger partial charge in [-0.3, -0.25) is 0 Å².